The standard InChI is InChI=1S/C19H37N5O2/c1-16(2)13-22-6-11-26-18(15-22)12-21-19(20-3)24-5-4-17(14-24)23-7-9-25-10-8-23/h16-18H,4-15H2,1-3H3,(H,20,21). The van der Waals surface area contributed by atoms with Gasteiger partial charge in [0.2, 0.25) is 0 Å². The maximum atomic E-state index is 5.96. The number of hydrogen-bond donors (Lipinski definition) is 1. The van der Waals surface area contributed by atoms with Gasteiger partial charge in [0.1, 0.15) is 0 Å². The molecule has 0 aromatic rings. The second-order valence-corrected chi connectivity index (χ2v) is 8.11. The van der Waals surface area contributed by atoms with Crippen LogP contribution in [0.2, 0.25) is 0 Å². The Hall–Kier alpha value is -0.890. The topological polar surface area (TPSA) is 52.6 Å². The zero-order valence-electron chi connectivity index (χ0n) is 16.8. The van der Waals surface area contributed by atoms with E-state index in [4.69, 9.17) is 9.47 Å². The van der Waals surface area contributed by atoms with Gasteiger partial charge in [-0.15, -0.1) is 0 Å². The van der Waals surface area contributed by atoms with Crippen molar-refractivity contribution in [2.75, 3.05) is 79.2 Å². The summed E-state index contributed by atoms with van der Waals surface area (Å²) in [6.07, 6.45) is 1.46. The fourth-order valence-electron chi connectivity index (χ4n) is 4.30. The largest absolute Gasteiger partial charge is 0.379 e. The van der Waals surface area contributed by atoms with E-state index < -0.39 is 0 Å². The predicted molar refractivity (Wildman–Crippen MR) is 105 cm³/mol. The molecule has 3 fully saturated rings. The average Bonchev–Trinajstić information content (AvgIpc) is 3.13. The molecule has 3 aliphatic heterocycles. The number of rotatable bonds is 5. The summed E-state index contributed by atoms with van der Waals surface area (Å²) in [5.41, 5.74) is 0. The van der Waals surface area contributed by atoms with E-state index in [-0.39, 0.29) is 6.10 Å². The first-order valence-corrected chi connectivity index (χ1v) is 10.3. The Bertz CT molecular complexity index is 453. The minimum atomic E-state index is 0.247. The third-order valence-electron chi connectivity index (χ3n) is 5.57. The van der Waals surface area contributed by atoms with E-state index in [9.17, 15) is 0 Å². The Balaban J connectivity index is 1.43. The van der Waals surface area contributed by atoms with E-state index >= 15 is 0 Å². The van der Waals surface area contributed by atoms with Crippen LogP contribution in [0, 0.1) is 5.92 Å². The Morgan fingerprint density at radius 2 is 1.92 bits per heavy atom. The number of hydrogen-bond acceptors (Lipinski definition) is 5. The van der Waals surface area contributed by atoms with Gasteiger partial charge in [-0.2, -0.15) is 0 Å². The van der Waals surface area contributed by atoms with Crippen molar-refractivity contribution in [3.63, 3.8) is 0 Å². The van der Waals surface area contributed by atoms with Crippen LogP contribution < -0.4 is 5.32 Å². The Morgan fingerprint density at radius 1 is 1.12 bits per heavy atom. The second kappa shape index (κ2) is 9.88. The molecule has 26 heavy (non-hydrogen) atoms. The molecule has 0 aliphatic carbocycles. The molecule has 0 aromatic carbocycles. The van der Waals surface area contributed by atoms with Crippen LogP contribution >= 0.6 is 0 Å². The van der Waals surface area contributed by atoms with Crippen LogP contribution in [0.5, 0.6) is 0 Å². The molecule has 3 rings (SSSR count). The highest BCUT2D eigenvalue weighted by molar-refractivity contribution is 5.80. The van der Waals surface area contributed by atoms with Crippen molar-refractivity contribution < 1.29 is 9.47 Å². The highest BCUT2D eigenvalue weighted by Gasteiger charge is 2.30. The van der Waals surface area contributed by atoms with Crippen molar-refractivity contribution in [2.24, 2.45) is 10.9 Å². The molecule has 7 heteroatoms. The molecule has 3 heterocycles. The molecule has 0 amide bonds. The third kappa shape index (κ3) is 5.55. The third-order valence-corrected chi connectivity index (χ3v) is 5.57. The van der Waals surface area contributed by atoms with Gasteiger partial charge in [-0.3, -0.25) is 14.8 Å². The van der Waals surface area contributed by atoms with E-state index in [1.165, 1.54) is 6.42 Å². The molecule has 0 spiro atoms. The van der Waals surface area contributed by atoms with Gasteiger partial charge in [-0.05, 0) is 12.3 Å². The van der Waals surface area contributed by atoms with Crippen molar-refractivity contribution in [3.8, 4) is 0 Å². The van der Waals surface area contributed by atoms with E-state index in [1.807, 2.05) is 7.05 Å². The number of aliphatic imine (C=N–C) groups is 1. The molecule has 1 N–H and O–H groups in total. The fourth-order valence-corrected chi connectivity index (χ4v) is 4.30. The summed E-state index contributed by atoms with van der Waals surface area (Å²) in [5.74, 6) is 1.72. The van der Waals surface area contributed by atoms with Gasteiger partial charge in [0.05, 0.1) is 25.9 Å². The number of nitrogens with zero attached hydrogens (tertiary/aromatic N) is 4. The van der Waals surface area contributed by atoms with E-state index in [1.54, 1.807) is 0 Å². The van der Waals surface area contributed by atoms with Crippen LogP contribution in [0.25, 0.3) is 0 Å². The fraction of sp³-hybridized carbons (Fsp3) is 0.947. The lowest BCUT2D eigenvalue weighted by atomic mass is 10.2. The van der Waals surface area contributed by atoms with E-state index in [0.717, 1.165) is 78.1 Å². The molecule has 2 unspecified atom stereocenters. The van der Waals surface area contributed by atoms with Crippen molar-refractivity contribution in [1.29, 1.82) is 0 Å². The summed E-state index contributed by atoms with van der Waals surface area (Å²) in [5, 5.41) is 3.56. The summed E-state index contributed by atoms with van der Waals surface area (Å²) in [7, 11) is 1.89. The molecular formula is C19H37N5O2. The highest BCUT2D eigenvalue weighted by Crippen LogP contribution is 2.17. The van der Waals surface area contributed by atoms with E-state index in [0.29, 0.717) is 12.0 Å². The molecular weight excluding hydrogens is 330 g/mol. The zero-order chi connectivity index (χ0) is 18.4. The molecule has 2 atom stereocenters. The van der Waals surface area contributed by atoms with Crippen molar-refractivity contribution in [2.45, 2.75) is 32.4 Å². The lowest BCUT2D eigenvalue weighted by molar-refractivity contribution is -0.0286. The Kier molecular flexibility index (Phi) is 7.54. The normalized spacial score (nSPS) is 29.5. The lowest BCUT2D eigenvalue weighted by Gasteiger charge is -2.35. The summed E-state index contributed by atoms with van der Waals surface area (Å²) >= 11 is 0. The van der Waals surface area contributed by atoms with Gasteiger partial charge in [0.15, 0.2) is 5.96 Å². The first-order chi connectivity index (χ1) is 12.7. The minimum absolute atomic E-state index is 0.247. The van der Waals surface area contributed by atoms with Crippen molar-refractivity contribution >= 4 is 5.96 Å². The Morgan fingerprint density at radius 3 is 2.65 bits per heavy atom. The summed E-state index contributed by atoms with van der Waals surface area (Å²) in [4.78, 5) is 12.0. The molecule has 0 saturated carbocycles. The van der Waals surface area contributed by atoms with Crippen LogP contribution in [-0.2, 0) is 9.47 Å². The van der Waals surface area contributed by atoms with Gasteiger partial charge in [-0.1, -0.05) is 13.8 Å². The average molecular weight is 368 g/mol. The van der Waals surface area contributed by atoms with Crippen LogP contribution in [0.15, 0.2) is 4.99 Å². The number of morpholine rings is 2. The number of nitrogens with one attached hydrogen (secondary N) is 1. The molecule has 0 bridgehead atoms. The SMILES string of the molecule is CN=C(NCC1CN(CC(C)C)CCO1)N1CCC(N2CCOCC2)C1. The van der Waals surface area contributed by atoms with Crippen molar-refractivity contribution in [3.05, 3.63) is 0 Å². The van der Waals surface area contributed by atoms with E-state index in [2.05, 4.69) is 38.9 Å². The summed E-state index contributed by atoms with van der Waals surface area (Å²) < 4.78 is 11.4. The molecule has 3 saturated heterocycles. The summed E-state index contributed by atoms with van der Waals surface area (Å²) in [6, 6.07) is 0.630. The summed E-state index contributed by atoms with van der Waals surface area (Å²) in [6.45, 7) is 15.4. The van der Waals surface area contributed by atoms with Crippen LogP contribution in [0.3, 0.4) is 0 Å². The second-order valence-electron chi connectivity index (χ2n) is 8.11. The van der Waals surface area contributed by atoms with Crippen LogP contribution in [-0.4, -0.2) is 112 Å². The first kappa shape index (κ1) is 19.9. The maximum Gasteiger partial charge on any atom is 0.193 e. The first-order valence-electron chi connectivity index (χ1n) is 10.3. The van der Waals surface area contributed by atoms with Gasteiger partial charge in [-0.25, -0.2) is 0 Å². The van der Waals surface area contributed by atoms with Crippen LogP contribution in [0.1, 0.15) is 20.3 Å². The van der Waals surface area contributed by atoms with Gasteiger partial charge in [0, 0.05) is 65.4 Å². The molecule has 150 valence electrons. The van der Waals surface area contributed by atoms with Crippen LogP contribution in [0.4, 0.5) is 0 Å². The van der Waals surface area contributed by atoms with Gasteiger partial charge < -0.3 is 19.7 Å². The maximum absolute atomic E-state index is 5.96. The smallest absolute Gasteiger partial charge is 0.193 e. The zero-order valence-corrected chi connectivity index (χ0v) is 16.8. The number of likely N-dealkylation sites (tertiary alicyclic amines) is 1. The number of ether oxygens (including phenoxy) is 2. The van der Waals surface area contributed by atoms with Gasteiger partial charge >= 0.3 is 0 Å². The molecule has 0 aromatic heterocycles. The molecule has 3 aliphatic rings. The quantitative estimate of drug-likeness (QED) is 0.558. The highest BCUT2D eigenvalue weighted by atomic mass is 16.5. The number of guanidine groups is 1. The monoisotopic (exact) mass is 367 g/mol. The lowest BCUT2D eigenvalue weighted by Crippen LogP contribution is -2.51. The minimum Gasteiger partial charge on any atom is -0.379 e. The Labute approximate surface area is 158 Å². The predicted octanol–water partition coefficient (Wildman–Crippen LogP) is 0.325. The van der Waals surface area contributed by atoms with Gasteiger partial charge in [0.25, 0.3) is 0 Å². The molecule has 0 radical (unpaired) electrons. The van der Waals surface area contributed by atoms with Crippen molar-refractivity contribution in [1.82, 2.24) is 20.0 Å². The molecule has 7 nitrogen and oxygen atoms in total.